The van der Waals surface area contributed by atoms with Crippen LogP contribution in [-0.2, 0) is 9.53 Å². The number of rotatable bonds is 5. The summed E-state index contributed by atoms with van der Waals surface area (Å²) in [5, 5.41) is 7.77. The maximum atomic E-state index is 12.5. The van der Waals surface area contributed by atoms with E-state index in [1.165, 1.54) is 6.42 Å². The molecule has 0 bridgehead atoms. The van der Waals surface area contributed by atoms with Crippen molar-refractivity contribution in [3.05, 3.63) is 54.1 Å². The van der Waals surface area contributed by atoms with Crippen molar-refractivity contribution in [3.63, 3.8) is 0 Å². The first-order chi connectivity index (χ1) is 14.1. The van der Waals surface area contributed by atoms with Gasteiger partial charge >= 0.3 is 5.97 Å². The van der Waals surface area contributed by atoms with Gasteiger partial charge in [-0.2, -0.15) is 0 Å². The summed E-state index contributed by atoms with van der Waals surface area (Å²) in [4.78, 5) is 24.7. The minimum absolute atomic E-state index is 0.164. The Morgan fingerprint density at radius 3 is 2.72 bits per heavy atom. The zero-order valence-electron chi connectivity index (χ0n) is 16.4. The Bertz CT molecular complexity index is 1010. The Kier molecular flexibility index (Phi) is 5.60. The van der Waals surface area contributed by atoms with E-state index in [1.54, 1.807) is 18.2 Å². The molecule has 1 N–H and O–H groups in total. The van der Waals surface area contributed by atoms with Crippen molar-refractivity contribution in [2.24, 2.45) is 5.92 Å². The molecule has 2 aromatic carbocycles. The van der Waals surface area contributed by atoms with Crippen LogP contribution in [0.4, 0.5) is 0 Å². The van der Waals surface area contributed by atoms with Gasteiger partial charge in [-0.05, 0) is 37.0 Å². The smallest absolute Gasteiger partial charge is 0.338 e. The van der Waals surface area contributed by atoms with E-state index in [0.29, 0.717) is 22.8 Å². The van der Waals surface area contributed by atoms with Crippen LogP contribution in [-0.4, -0.2) is 29.7 Å². The van der Waals surface area contributed by atoms with Crippen molar-refractivity contribution in [2.75, 3.05) is 6.61 Å². The van der Waals surface area contributed by atoms with E-state index in [9.17, 15) is 9.59 Å². The normalized spacial score (nSPS) is 19.1. The van der Waals surface area contributed by atoms with E-state index in [1.807, 2.05) is 30.3 Å². The molecular weight excluding hydrogens is 368 g/mol. The van der Waals surface area contributed by atoms with E-state index in [-0.39, 0.29) is 18.6 Å². The van der Waals surface area contributed by atoms with Gasteiger partial charge in [-0.1, -0.05) is 55.3 Å². The highest BCUT2D eigenvalue weighted by Gasteiger charge is 2.23. The molecule has 150 valence electrons. The largest absolute Gasteiger partial charge is 0.452 e. The summed E-state index contributed by atoms with van der Waals surface area (Å²) in [6.07, 6.45) is 4.43. The highest BCUT2D eigenvalue weighted by molar-refractivity contribution is 5.99. The van der Waals surface area contributed by atoms with Crippen molar-refractivity contribution in [3.8, 4) is 11.3 Å². The standard InChI is InChI=1S/C23H24N2O4/c1-15-7-5-6-10-19(15)24-21(26)14-28-23(27)17-11-12-20-18(13-17)22(29-25-20)16-8-3-2-4-9-16/h2-4,8-9,11-13,15,19H,5-7,10,14H2,1H3,(H,24,26)/t15-,19-/m1/s1. The molecular formula is C23H24N2O4. The van der Waals surface area contributed by atoms with E-state index in [4.69, 9.17) is 9.26 Å². The first-order valence-corrected chi connectivity index (χ1v) is 10.0. The summed E-state index contributed by atoms with van der Waals surface area (Å²) in [6.45, 7) is 1.86. The monoisotopic (exact) mass is 392 g/mol. The number of aromatic nitrogens is 1. The van der Waals surface area contributed by atoms with Crippen LogP contribution in [0.25, 0.3) is 22.2 Å². The number of fused-ring (bicyclic) bond motifs is 1. The summed E-state index contributed by atoms with van der Waals surface area (Å²) >= 11 is 0. The maximum absolute atomic E-state index is 12.5. The second-order valence-corrected chi connectivity index (χ2v) is 7.62. The molecule has 0 radical (unpaired) electrons. The van der Waals surface area contributed by atoms with Gasteiger partial charge in [0.1, 0.15) is 5.52 Å². The molecule has 4 rings (SSSR count). The van der Waals surface area contributed by atoms with Crippen LogP contribution < -0.4 is 5.32 Å². The van der Waals surface area contributed by atoms with E-state index in [0.717, 1.165) is 30.2 Å². The van der Waals surface area contributed by atoms with Crippen LogP contribution >= 0.6 is 0 Å². The van der Waals surface area contributed by atoms with Crippen molar-refractivity contribution < 1.29 is 18.8 Å². The molecule has 0 aliphatic heterocycles. The van der Waals surface area contributed by atoms with Gasteiger partial charge in [0, 0.05) is 11.6 Å². The second-order valence-electron chi connectivity index (χ2n) is 7.62. The Morgan fingerprint density at radius 1 is 1.14 bits per heavy atom. The fraction of sp³-hybridized carbons (Fsp3) is 0.348. The van der Waals surface area contributed by atoms with Gasteiger partial charge in [-0.25, -0.2) is 4.79 Å². The van der Waals surface area contributed by atoms with Crippen molar-refractivity contribution in [1.82, 2.24) is 10.5 Å². The highest BCUT2D eigenvalue weighted by atomic mass is 16.5. The summed E-state index contributed by atoms with van der Waals surface area (Å²) in [5.41, 5.74) is 1.89. The maximum Gasteiger partial charge on any atom is 0.338 e. The average molecular weight is 392 g/mol. The highest BCUT2D eigenvalue weighted by Crippen LogP contribution is 2.29. The fourth-order valence-electron chi connectivity index (χ4n) is 3.86. The van der Waals surface area contributed by atoms with Gasteiger partial charge in [0.15, 0.2) is 12.4 Å². The predicted octanol–water partition coefficient (Wildman–Crippen LogP) is 4.35. The summed E-state index contributed by atoms with van der Waals surface area (Å²) in [7, 11) is 0. The number of nitrogens with one attached hydrogen (secondary N) is 1. The molecule has 2 atom stereocenters. The molecule has 0 spiro atoms. The molecule has 29 heavy (non-hydrogen) atoms. The first kappa shape index (κ1) is 19.2. The zero-order chi connectivity index (χ0) is 20.2. The molecule has 1 amide bonds. The molecule has 6 nitrogen and oxygen atoms in total. The average Bonchev–Trinajstić information content (AvgIpc) is 3.17. The number of hydrogen-bond donors (Lipinski definition) is 1. The lowest BCUT2D eigenvalue weighted by Gasteiger charge is -2.29. The third kappa shape index (κ3) is 4.31. The van der Waals surface area contributed by atoms with Gasteiger partial charge in [0.25, 0.3) is 5.91 Å². The van der Waals surface area contributed by atoms with Crippen LogP contribution in [0.1, 0.15) is 43.0 Å². The number of amides is 1. The van der Waals surface area contributed by atoms with Crippen molar-refractivity contribution in [1.29, 1.82) is 0 Å². The summed E-state index contributed by atoms with van der Waals surface area (Å²) in [5.74, 6) is 0.252. The van der Waals surface area contributed by atoms with Crippen LogP contribution in [0.2, 0.25) is 0 Å². The second kappa shape index (κ2) is 8.47. The Labute approximate surface area is 169 Å². The number of carbonyl (C=O) groups is 2. The lowest BCUT2D eigenvalue weighted by Crippen LogP contribution is -2.42. The fourth-order valence-corrected chi connectivity index (χ4v) is 3.86. The lowest BCUT2D eigenvalue weighted by atomic mass is 9.86. The van der Waals surface area contributed by atoms with Gasteiger partial charge < -0.3 is 14.6 Å². The van der Waals surface area contributed by atoms with E-state index in [2.05, 4.69) is 17.4 Å². The Balaban J connectivity index is 1.42. The molecule has 1 heterocycles. The van der Waals surface area contributed by atoms with Crippen LogP contribution in [0.5, 0.6) is 0 Å². The Hall–Kier alpha value is -3.15. The number of esters is 1. The third-order valence-corrected chi connectivity index (χ3v) is 5.54. The number of nitrogens with zero attached hydrogens (tertiary/aromatic N) is 1. The van der Waals surface area contributed by atoms with Crippen LogP contribution in [0, 0.1) is 5.92 Å². The minimum atomic E-state index is -0.543. The van der Waals surface area contributed by atoms with E-state index >= 15 is 0 Å². The third-order valence-electron chi connectivity index (χ3n) is 5.54. The molecule has 0 unspecified atom stereocenters. The van der Waals surface area contributed by atoms with Gasteiger partial charge in [0.2, 0.25) is 0 Å². The SMILES string of the molecule is C[C@@H]1CCCC[C@H]1NC(=O)COC(=O)c1ccc2noc(-c3ccccc3)c2c1. The Morgan fingerprint density at radius 2 is 1.93 bits per heavy atom. The zero-order valence-corrected chi connectivity index (χ0v) is 16.4. The lowest BCUT2D eigenvalue weighted by molar-refractivity contribution is -0.125. The molecule has 0 saturated heterocycles. The van der Waals surface area contributed by atoms with Gasteiger partial charge in [-0.15, -0.1) is 0 Å². The molecule has 1 fully saturated rings. The quantitative estimate of drug-likeness (QED) is 0.653. The van der Waals surface area contributed by atoms with Gasteiger partial charge in [-0.3, -0.25) is 4.79 Å². The first-order valence-electron chi connectivity index (χ1n) is 10.0. The molecule has 1 aliphatic rings. The van der Waals surface area contributed by atoms with Crippen molar-refractivity contribution >= 4 is 22.8 Å². The summed E-state index contributed by atoms with van der Waals surface area (Å²) < 4.78 is 10.7. The van der Waals surface area contributed by atoms with Gasteiger partial charge in [0.05, 0.1) is 10.9 Å². The van der Waals surface area contributed by atoms with Crippen LogP contribution in [0.3, 0.4) is 0 Å². The number of carbonyl (C=O) groups excluding carboxylic acids is 2. The van der Waals surface area contributed by atoms with Crippen molar-refractivity contribution in [2.45, 2.75) is 38.6 Å². The van der Waals surface area contributed by atoms with E-state index < -0.39 is 5.97 Å². The molecule has 1 saturated carbocycles. The number of benzene rings is 2. The summed E-state index contributed by atoms with van der Waals surface area (Å²) in [6, 6.07) is 14.8. The predicted molar refractivity (Wildman–Crippen MR) is 109 cm³/mol. The molecule has 3 aromatic rings. The molecule has 6 heteroatoms. The molecule has 1 aromatic heterocycles. The molecule has 1 aliphatic carbocycles. The minimum Gasteiger partial charge on any atom is -0.452 e. The number of hydrogen-bond acceptors (Lipinski definition) is 5. The van der Waals surface area contributed by atoms with Crippen LogP contribution in [0.15, 0.2) is 53.1 Å². The topological polar surface area (TPSA) is 81.4 Å². The number of ether oxygens (including phenoxy) is 1.